The summed E-state index contributed by atoms with van der Waals surface area (Å²) >= 11 is 19.9. The zero-order chi connectivity index (χ0) is 18.6. The number of nitrogens with zero attached hydrogens (tertiary/aromatic N) is 1. The van der Waals surface area contributed by atoms with Crippen LogP contribution in [-0.4, -0.2) is 20.8 Å². The van der Waals surface area contributed by atoms with Crippen LogP contribution >= 0.6 is 57.4 Å². The van der Waals surface area contributed by atoms with Gasteiger partial charge in [0.05, 0.1) is 4.92 Å². The predicted octanol–water partition coefficient (Wildman–Crippen LogP) is 4.74. The van der Waals surface area contributed by atoms with Crippen LogP contribution in [0.3, 0.4) is 0 Å². The minimum absolute atomic E-state index is 0.128. The Morgan fingerprint density at radius 1 is 1.16 bits per heavy atom. The second kappa shape index (κ2) is 8.39. The summed E-state index contributed by atoms with van der Waals surface area (Å²) in [6.07, 6.45) is -1.11. The lowest BCUT2D eigenvalue weighted by Crippen LogP contribution is -2.49. The number of carbonyl (C=O) groups excluding carboxylic acids is 1. The number of hydrogen-bond acceptors (Lipinski definition) is 4. The van der Waals surface area contributed by atoms with Crippen LogP contribution in [0.25, 0.3) is 0 Å². The normalized spacial score (nSPS) is 12.3. The Balaban J connectivity index is 2.21. The van der Waals surface area contributed by atoms with Gasteiger partial charge >= 0.3 is 0 Å². The predicted molar refractivity (Wildman–Crippen MR) is 107 cm³/mol. The molecule has 0 unspecified atom stereocenters. The van der Waals surface area contributed by atoms with E-state index in [1.165, 1.54) is 18.2 Å². The summed E-state index contributed by atoms with van der Waals surface area (Å²) in [5.41, 5.74) is 0.595. The topological polar surface area (TPSA) is 84.3 Å². The van der Waals surface area contributed by atoms with Crippen LogP contribution in [0.1, 0.15) is 10.4 Å². The van der Waals surface area contributed by atoms with E-state index >= 15 is 0 Å². The minimum atomic E-state index is -1.89. The summed E-state index contributed by atoms with van der Waals surface area (Å²) < 4.78 is -1.01. The molecule has 0 radical (unpaired) electrons. The van der Waals surface area contributed by atoms with Gasteiger partial charge in [0.2, 0.25) is 3.79 Å². The highest BCUT2D eigenvalue weighted by Crippen LogP contribution is 2.32. The van der Waals surface area contributed by atoms with Gasteiger partial charge in [0.25, 0.3) is 11.6 Å². The maximum absolute atomic E-state index is 12.4. The molecule has 0 heterocycles. The molecule has 1 atom stereocenters. The van der Waals surface area contributed by atoms with Crippen molar-refractivity contribution in [2.75, 3.05) is 5.32 Å². The molecule has 0 aliphatic heterocycles. The van der Waals surface area contributed by atoms with E-state index in [0.717, 1.165) is 3.57 Å². The van der Waals surface area contributed by atoms with Gasteiger partial charge in [-0.3, -0.25) is 14.9 Å². The summed E-state index contributed by atoms with van der Waals surface area (Å²) in [5, 5.41) is 16.2. The SMILES string of the molecule is O=C(N[C@H](Nc1cccc([N+](=O)[O-])c1)C(Cl)(Cl)Cl)c1cccc(I)c1. The van der Waals surface area contributed by atoms with Crippen LogP contribution in [0.4, 0.5) is 11.4 Å². The molecule has 2 aromatic carbocycles. The average molecular weight is 515 g/mol. The van der Waals surface area contributed by atoms with E-state index in [-0.39, 0.29) is 5.69 Å². The van der Waals surface area contributed by atoms with Crippen molar-refractivity contribution < 1.29 is 9.72 Å². The first-order valence-corrected chi connectivity index (χ1v) is 9.02. The van der Waals surface area contributed by atoms with Crippen LogP contribution in [0.15, 0.2) is 48.5 Å². The molecule has 10 heteroatoms. The van der Waals surface area contributed by atoms with Crippen LogP contribution in [-0.2, 0) is 0 Å². The van der Waals surface area contributed by atoms with Crippen LogP contribution < -0.4 is 10.6 Å². The summed E-state index contributed by atoms with van der Waals surface area (Å²) in [4.78, 5) is 22.7. The third-order valence-corrected chi connectivity index (χ3v) is 4.38. The van der Waals surface area contributed by atoms with E-state index in [4.69, 9.17) is 34.8 Å². The van der Waals surface area contributed by atoms with Gasteiger partial charge in [0.1, 0.15) is 6.17 Å². The lowest BCUT2D eigenvalue weighted by molar-refractivity contribution is -0.384. The molecule has 2 N–H and O–H groups in total. The molecule has 0 aliphatic rings. The van der Waals surface area contributed by atoms with Gasteiger partial charge in [-0.1, -0.05) is 46.9 Å². The lowest BCUT2D eigenvalue weighted by Gasteiger charge is -2.27. The highest BCUT2D eigenvalue weighted by atomic mass is 127. The minimum Gasteiger partial charge on any atom is -0.362 e. The van der Waals surface area contributed by atoms with E-state index in [9.17, 15) is 14.9 Å². The number of rotatable bonds is 5. The quantitative estimate of drug-likeness (QED) is 0.199. The Bertz CT molecular complexity index is 799. The molecule has 6 nitrogen and oxygen atoms in total. The Kier molecular flexibility index (Phi) is 6.72. The van der Waals surface area contributed by atoms with Crippen molar-refractivity contribution >= 4 is 74.7 Å². The van der Waals surface area contributed by atoms with Crippen molar-refractivity contribution in [3.05, 3.63) is 67.8 Å². The van der Waals surface area contributed by atoms with Gasteiger partial charge in [-0.15, -0.1) is 0 Å². The Morgan fingerprint density at radius 2 is 1.84 bits per heavy atom. The Hall–Kier alpha value is -1.29. The first kappa shape index (κ1) is 20.0. The number of hydrogen-bond donors (Lipinski definition) is 2. The van der Waals surface area contributed by atoms with Crippen LogP contribution in [0.2, 0.25) is 0 Å². The maximum Gasteiger partial charge on any atom is 0.271 e. The molecule has 132 valence electrons. The van der Waals surface area contributed by atoms with E-state index in [2.05, 4.69) is 33.2 Å². The molecule has 0 saturated heterocycles. The van der Waals surface area contributed by atoms with E-state index < -0.39 is 20.8 Å². The highest BCUT2D eigenvalue weighted by molar-refractivity contribution is 14.1. The molecule has 2 rings (SSSR count). The van der Waals surface area contributed by atoms with Crippen molar-refractivity contribution in [2.24, 2.45) is 0 Å². The molecule has 1 amide bonds. The number of nitrogens with one attached hydrogen (secondary N) is 2. The molecule has 0 aliphatic carbocycles. The van der Waals surface area contributed by atoms with Gasteiger partial charge < -0.3 is 10.6 Å². The first-order chi connectivity index (χ1) is 11.7. The van der Waals surface area contributed by atoms with Gasteiger partial charge in [-0.2, -0.15) is 0 Å². The third-order valence-electron chi connectivity index (χ3n) is 3.06. The van der Waals surface area contributed by atoms with Gasteiger partial charge in [0, 0.05) is 27.0 Å². The maximum atomic E-state index is 12.4. The van der Waals surface area contributed by atoms with E-state index in [1.807, 2.05) is 6.07 Å². The van der Waals surface area contributed by atoms with E-state index in [1.54, 1.807) is 24.3 Å². The molecule has 0 spiro atoms. The van der Waals surface area contributed by atoms with E-state index in [0.29, 0.717) is 11.3 Å². The molecule has 25 heavy (non-hydrogen) atoms. The number of amides is 1. The van der Waals surface area contributed by atoms with Crippen molar-refractivity contribution in [2.45, 2.75) is 9.96 Å². The monoisotopic (exact) mass is 513 g/mol. The fraction of sp³-hybridized carbons (Fsp3) is 0.133. The first-order valence-electron chi connectivity index (χ1n) is 6.81. The van der Waals surface area contributed by atoms with Gasteiger partial charge in [-0.25, -0.2) is 0 Å². The number of benzene rings is 2. The Labute approximate surface area is 172 Å². The summed E-state index contributed by atoms with van der Waals surface area (Å²) in [5.74, 6) is -0.451. The number of nitro benzene ring substituents is 1. The van der Waals surface area contributed by atoms with Crippen molar-refractivity contribution in [1.29, 1.82) is 0 Å². The number of halogens is 4. The number of alkyl halides is 3. The second-order valence-corrected chi connectivity index (χ2v) is 8.52. The number of nitro groups is 1. The van der Waals surface area contributed by atoms with Gasteiger partial charge in [0.15, 0.2) is 0 Å². The third kappa shape index (κ3) is 5.88. The van der Waals surface area contributed by atoms with Crippen LogP contribution in [0.5, 0.6) is 0 Å². The molecule has 0 bridgehead atoms. The zero-order valence-corrected chi connectivity index (χ0v) is 16.8. The Morgan fingerprint density at radius 3 is 2.44 bits per heavy atom. The number of anilines is 1. The average Bonchev–Trinajstić information content (AvgIpc) is 2.53. The van der Waals surface area contributed by atoms with Crippen molar-refractivity contribution in [3.8, 4) is 0 Å². The smallest absolute Gasteiger partial charge is 0.271 e. The fourth-order valence-corrected chi connectivity index (χ4v) is 2.79. The fourth-order valence-electron chi connectivity index (χ4n) is 1.92. The molecule has 0 fully saturated rings. The molecule has 0 saturated carbocycles. The summed E-state index contributed by atoms with van der Waals surface area (Å²) in [6, 6.07) is 12.5. The lowest BCUT2D eigenvalue weighted by atomic mass is 10.2. The highest BCUT2D eigenvalue weighted by Gasteiger charge is 2.34. The largest absolute Gasteiger partial charge is 0.362 e. The standard InChI is InChI=1S/C15H11Cl3IN3O3/c16-15(17,18)14(20-11-5-2-6-12(8-11)22(24)25)21-13(23)9-3-1-4-10(19)7-9/h1-8,14,20H,(H,21,23)/t14-/m0/s1. The van der Waals surface area contributed by atoms with Crippen LogP contribution in [0, 0.1) is 13.7 Å². The van der Waals surface area contributed by atoms with Gasteiger partial charge in [-0.05, 0) is 46.9 Å². The van der Waals surface area contributed by atoms with Crippen molar-refractivity contribution in [1.82, 2.24) is 5.32 Å². The second-order valence-electron chi connectivity index (χ2n) is 4.91. The molecular weight excluding hydrogens is 503 g/mol. The summed E-state index contributed by atoms with van der Waals surface area (Å²) in [6.45, 7) is 0. The molecule has 0 aromatic heterocycles. The number of non-ortho nitro benzene ring substituents is 1. The molecule has 2 aromatic rings. The zero-order valence-electron chi connectivity index (χ0n) is 12.4. The van der Waals surface area contributed by atoms with Crippen molar-refractivity contribution in [3.63, 3.8) is 0 Å². The molecular formula is C15H11Cl3IN3O3. The summed E-state index contributed by atoms with van der Waals surface area (Å²) in [7, 11) is 0. The number of carbonyl (C=O) groups is 1.